The van der Waals surface area contributed by atoms with E-state index in [-0.39, 0.29) is 0 Å². The molecule has 4 rings (SSSR count). The molecule has 0 aliphatic heterocycles. The van der Waals surface area contributed by atoms with Gasteiger partial charge in [0, 0.05) is 13.0 Å². The van der Waals surface area contributed by atoms with Crippen LogP contribution in [-0.2, 0) is 28.8 Å². The lowest BCUT2D eigenvalue weighted by molar-refractivity contribution is -0.149. The number of ether oxygens (including phenoxy) is 2. The second-order valence-corrected chi connectivity index (χ2v) is 7.87. The molecule has 0 bridgehead atoms. The van der Waals surface area contributed by atoms with Crippen LogP contribution in [0.15, 0.2) is 78.9 Å². The molecule has 0 aromatic heterocycles. The van der Waals surface area contributed by atoms with Crippen molar-refractivity contribution >= 4 is 11.5 Å². The summed E-state index contributed by atoms with van der Waals surface area (Å²) >= 11 is 0. The van der Waals surface area contributed by atoms with E-state index in [4.69, 9.17) is 9.47 Å². The number of hydrogen-bond acceptors (Lipinski definition) is 3. The van der Waals surface area contributed by atoms with Crippen LogP contribution in [0.25, 0.3) is 5.57 Å². The maximum absolute atomic E-state index is 11.3. The fraction of sp³-hybridized carbons (Fsp3) is 0.250. The minimum absolute atomic E-state index is 0.334. The van der Waals surface area contributed by atoms with Crippen molar-refractivity contribution in [3.63, 3.8) is 0 Å². The van der Waals surface area contributed by atoms with Crippen LogP contribution in [0.2, 0.25) is 0 Å². The lowest BCUT2D eigenvalue weighted by atomic mass is 9.94. The van der Waals surface area contributed by atoms with E-state index in [2.05, 4.69) is 54.6 Å². The summed E-state index contributed by atoms with van der Waals surface area (Å²) in [5, 5.41) is 9.26. The second kappa shape index (κ2) is 10.3. The standard InChI is InChI=1S/C28H28O4/c1-2-31-27(28(29)30)19-20-11-15-23(16-12-20)32-18-17-26-24-9-5-3-7-21(24)13-14-22-8-4-6-10-25(22)26/h3-12,15-17,27H,2,13-14,18-19H2,1H3,(H,29,30). The zero-order chi connectivity index (χ0) is 22.3. The third kappa shape index (κ3) is 5.09. The van der Waals surface area contributed by atoms with Crippen molar-refractivity contribution in [3.8, 4) is 5.75 Å². The largest absolute Gasteiger partial charge is 0.490 e. The van der Waals surface area contributed by atoms with E-state index in [9.17, 15) is 9.90 Å². The van der Waals surface area contributed by atoms with E-state index in [1.165, 1.54) is 27.8 Å². The van der Waals surface area contributed by atoms with Gasteiger partial charge in [-0.25, -0.2) is 4.79 Å². The van der Waals surface area contributed by atoms with Crippen LogP contribution >= 0.6 is 0 Å². The number of fused-ring (bicyclic) bond motifs is 2. The lowest BCUT2D eigenvalue weighted by Crippen LogP contribution is -2.26. The van der Waals surface area contributed by atoms with Crippen molar-refractivity contribution in [2.75, 3.05) is 13.2 Å². The van der Waals surface area contributed by atoms with Crippen molar-refractivity contribution in [1.82, 2.24) is 0 Å². The summed E-state index contributed by atoms with van der Waals surface area (Å²) in [5.74, 6) is -0.188. The first-order chi connectivity index (χ1) is 15.7. The number of carboxylic acid groups (broad SMARTS) is 1. The smallest absolute Gasteiger partial charge is 0.333 e. The molecule has 32 heavy (non-hydrogen) atoms. The van der Waals surface area contributed by atoms with Gasteiger partial charge in [-0.1, -0.05) is 60.7 Å². The van der Waals surface area contributed by atoms with Crippen LogP contribution in [0.3, 0.4) is 0 Å². The molecule has 4 nitrogen and oxygen atoms in total. The topological polar surface area (TPSA) is 55.8 Å². The highest BCUT2D eigenvalue weighted by atomic mass is 16.5. The number of carbonyl (C=O) groups is 1. The summed E-state index contributed by atoms with van der Waals surface area (Å²) in [6.45, 7) is 2.62. The Kier molecular flexibility index (Phi) is 7.03. The molecule has 0 radical (unpaired) electrons. The Hall–Kier alpha value is -3.37. The lowest BCUT2D eigenvalue weighted by Gasteiger charge is -2.13. The minimum Gasteiger partial charge on any atom is -0.490 e. The molecule has 1 atom stereocenters. The van der Waals surface area contributed by atoms with E-state index in [1.807, 2.05) is 24.3 Å². The van der Waals surface area contributed by atoms with Gasteiger partial charge in [-0.2, -0.15) is 0 Å². The fourth-order valence-corrected chi connectivity index (χ4v) is 4.21. The van der Waals surface area contributed by atoms with E-state index in [0.717, 1.165) is 24.2 Å². The summed E-state index contributed by atoms with van der Waals surface area (Å²) in [7, 11) is 0. The van der Waals surface area contributed by atoms with E-state index < -0.39 is 12.1 Å². The Bertz CT molecular complexity index is 1050. The van der Waals surface area contributed by atoms with Gasteiger partial charge in [0.2, 0.25) is 0 Å². The molecule has 3 aromatic carbocycles. The number of benzene rings is 3. The predicted octanol–water partition coefficient (Wildman–Crippen LogP) is 5.33. The van der Waals surface area contributed by atoms with Crippen molar-refractivity contribution < 1.29 is 19.4 Å². The van der Waals surface area contributed by atoms with Gasteiger partial charge >= 0.3 is 5.97 Å². The van der Waals surface area contributed by atoms with Gasteiger partial charge in [-0.15, -0.1) is 0 Å². The first-order valence-electron chi connectivity index (χ1n) is 11.1. The molecule has 0 saturated heterocycles. The van der Waals surface area contributed by atoms with Crippen molar-refractivity contribution in [1.29, 1.82) is 0 Å². The zero-order valence-electron chi connectivity index (χ0n) is 18.3. The molecule has 4 heteroatoms. The van der Waals surface area contributed by atoms with Crippen molar-refractivity contribution in [2.24, 2.45) is 0 Å². The molecule has 0 heterocycles. The maximum atomic E-state index is 11.3. The third-order valence-electron chi connectivity index (χ3n) is 5.80. The number of aryl methyl sites for hydroxylation is 2. The fourth-order valence-electron chi connectivity index (χ4n) is 4.21. The van der Waals surface area contributed by atoms with E-state index in [1.54, 1.807) is 6.92 Å². The second-order valence-electron chi connectivity index (χ2n) is 7.87. The zero-order valence-corrected chi connectivity index (χ0v) is 18.3. The van der Waals surface area contributed by atoms with Crippen LogP contribution in [0.5, 0.6) is 5.75 Å². The van der Waals surface area contributed by atoms with Gasteiger partial charge in [-0.05, 0) is 71.4 Å². The molecule has 1 aliphatic rings. The van der Waals surface area contributed by atoms with Gasteiger partial charge in [0.25, 0.3) is 0 Å². The van der Waals surface area contributed by atoms with Gasteiger partial charge in [-0.3, -0.25) is 0 Å². The van der Waals surface area contributed by atoms with Gasteiger partial charge in [0.1, 0.15) is 12.4 Å². The average molecular weight is 429 g/mol. The van der Waals surface area contributed by atoms with Gasteiger partial charge in [0.15, 0.2) is 6.10 Å². The van der Waals surface area contributed by atoms with Crippen molar-refractivity contribution in [3.05, 3.63) is 107 Å². The quantitative estimate of drug-likeness (QED) is 0.527. The summed E-state index contributed by atoms with van der Waals surface area (Å²) < 4.78 is 11.3. The number of aliphatic carboxylic acids is 1. The Morgan fingerprint density at radius 2 is 1.53 bits per heavy atom. The molecule has 1 N–H and O–H groups in total. The number of carboxylic acids is 1. The van der Waals surface area contributed by atoms with E-state index >= 15 is 0 Å². The molecule has 1 aliphatic carbocycles. The van der Waals surface area contributed by atoms with Crippen LogP contribution in [-0.4, -0.2) is 30.4 Å². The highest BCUT2D eigenvalue weighted by molar-refractivity contribution is 5.84. The molecule has 0 fully saturated rings. The van der Waals surface area contributed by atoms with Crippen LogP contribution in [0.4, 0.5) is 0 Å². The predicted molar refractivity (Wildman–Crippen MR) is 126 cm³/mol. The highest BCUT2D eigenvalue weighted by Gasteiger charge is 2.18. The summed E-state index contributed by atoms with van der Waals surface area (Å²) in [6.07, 6.45) is 3.73. The summed E-state index contributed by atoms with van der Waals surface area (Å²) in [4.78, 5) is 11.3. The Morgan fingerprint density at radius 3 is 2.09 bits per heavy atom. The van der Waals surface area contributed by atoms with Crippen LogP contribution in [0, 0.1) is 0 Å². The van der Waals surface area contributed by atoms with E-state index in [0.29, 0.717) is 19.6 Å². The average Bonchev–Trinajstić information content (AvgIpc) is 2.97. The SMILES string of the molecule is CCOC(Cc1ccc(OCC=C2c3ccccc3CCc3ccccc32)cc1)C(=O)O. The maximum Gasteiger partial charge on any atom is 0.333 e. The minimum atomic E-state index is -0.942. The monoisotopic (exact) mass is 428 g/mol. The third-order valence-corrected chi connectivity index (χ3v) is 5.80. The van der Waals surface area contributed by atoms with Gasteiger partial charge in [0.05, 0.1) is 0 Å². The molecule has 1 unspecified atom stereocenters. The number of rotatable bonds is 8. The van der Waals surface area contributed by atoms with Crippen LogP contribution < -0.4 is 4.74 Å². The Labute approximate surface area is 189 Å². The first kappa shape index (κ1) is 21.8. The van der Waals surface area contributed by atoms with Gasteiger partial charge < -0.3 is 14.6 Å². The molecule has 164 valence electrons. The van der Waals surface area contributed by atoms with Crippen LogP contribution in [0.1, 0.15) is 34.7 Å². The summed E-state index contributed by atoms with van der Waals surface area (Å²) in [5.41, 5.74) is 7.39. The van der Waals surface area contributed by atoms with Crippen molar-refractivity contribution in [2.45, 2.75) is 32.3 Å². The molecule has 0 saturated carbocycles. The molecular weight excluding hydrogens is 400 g/mol. The molecular formula is C28H28O4. The molecule has 3 aromatic rings. The Morgan fingerprint density at radius 1 is 0.938 bits per heavy atom. The molecule has 0 spiro atoms. The summed E-state index contributed by atoms with van der Waals surface area (Å²) in [6, 6.07) is 24.7. The normalized spacial score (nSPS) is 13.5. The first-order valence-corrected chi connectivity index (χ1v) is 11.1. The Balaban J connectivity index is 1.49. The highest BCUT2D eigenvalue weighted by Crippen LogP contribution is 2.33. The number of hydrogen-bond donors (Lipinski definition) is 1. The molecule has 0 amide bonds.